The second kappa shape index (κ2) is 11.9. The van der Waals surface area contributed by atoms with Gasteiger partial charge in [-0.3, -0.25) is 0 Å². The van der Waals surface area contributed by atoms with Gasteiger partial charge in [0.2, 0.25) is 0 Å². The normalized spacial score (nSPS) is 19.0. The molecule has 0 saturated heterocycles. The maximum Gasteiger partial charge on any atom is 0.416 e. The highest BCUT2D eigenvalue weighted by Gasteiger charge is 2.43. The molecule has 2 N–H and O–H groups in total. The Morgan fingerprint density at radius 3 is 0.810 bits per heavy atom. The largest absolute Gasteiger partial charge is 0.416 e. The van der Waals surface area contributed by atoms with Crippen LogP contribution < -0.4 is 0 Å². The van der Waals surface area contributed by atoms with Crippen molar-refractivity contribution < 1.29 is 62.9 Å². The summed E-state index contributed by atoms with van der Waals surface area (Å²) in [6, 6.07) is 3.16. The molecule has 0 atom stereocenters. The summed E-state index contributed by atoms with van der Waals surface area (Å²) in [4.78, 5) is 0. The molecule has 2 aromatic rings. The lowest BCUT2D eigenvalue weighted by Gasteiger charge is -2.28. The molecule has 0 unspecified atom stereocenters. The van der Waals surface area contributed by atoms with Crippen molar-refractivity contribution in [2.45, 2.75) is 86.9 Å². The summed E-state index contributed by atoms with van der Waals surface area (Å²) in [6.45, 7) is -0.906. The van der Waals surface area contributed by atoms with Crippen LogP contribution in [0.4, 0.5) is 52.7 Å². The molecule has 2 nitrogen and oxygen atoms in total. The second-order valence-electron chi connectivity index (χ2n) is 10.9. The monoisotopic (exact) mass is 624 g/mol. The van der Waals surface area contributed by atoms with Gasteiger partial charge in [0, 0.05) is 10.8 Å². The number of hydrogen-bond donors (Lipinski definition) is 2. The number of benzene rings is 2. The van der Waals surface area contributed by atoms with Crippen LogP contribution in [0.2, 0.25) is 0 Å². The molecule has 2 fully saturated rings. The predicted octanol–water partition coefficient (Wildman–Crippen LogP) is 9.06. The van der Waals surface area contributed by atoms with Crippen molar-refractivity contribution in [3.63, 3.8) is 0 Å². The van der Waals surface area contributed by atoms with Crippen LogP contribution >= 0.6 is 0 Å². The summed E-state index contributed by atoms with van der Waals surface area (Å²) in [5.74, 6) is 0. The van der Waals surface area contributed by atoms with E-state index in [-0.39, 0.29) is 23.3 Å². The van der Waals surface area contributed by atoms with E-state index in [2.05, 4.69) is 0 Å². The van der Waals surface area contributed by atoms with E-state index < -0.39 is 71.0 Å². The lowest BCUT2D eigenvalue weighted by Crippen LogP contribution is -2.28. The summed E-state index contributed by atoms with van der Waals surface area (Å²) in [5, 5.41) is 19.0. The molecule has 0 radical (unpaired) electrons. The zero-order chi connectivity index (χ0) is 31.8. The third-order valence-electron chi connectivity index (χ3n) is 8.13. The number of alkyl halides is 12. The van der Waals surface area contributed by atoms with E-state index in [4.69, 9.17) is 0 Å². The molecule has 2 aromatic carbocycles. The van der Waals surface area contributed by atoms with Crippen LogP contribution in [0.1, 0.15) is 84.7 Å². The summed E-state index contributed by atoms with van der Waals surface area (Å²) in [7, 11) is 0. The molecule has 14 heteroatoms. The first kappa shape index (κ1) is 34.0. The van der Waals surface area contributed by atoms with Crippen molar-refractivity contribution in [1.29, 1.82) is 0 Å². The van der Waals surface area contributed by atoms with E-state index in [1.54, 1.807) is 0 Å². The standard InChI is InChI=1S/2C14H14F6O/c2*15-13(16,17)10-5-9(6-11(7-10)14(18,19)20)12(8-21)3-1-2-4-12/h2*5-7,21H,1-4,8H2. The van der Waals surface area contributed by atoms with Gasteiger partial charge >= 0.3 is 24.7 Å². The highest BCUT2D eigenvalue weighted by Crippen LogP contribution is 2.46. The molecule has 42 heavy (non-hydrogen) atoms. The summed E-state index contributed by atoms with van der Waals surface area (Å²) in [5.41, 5.74) is -7.46. The maximum absolute atomic E-state index is 12.8. The quantitative estimate of drug-likeness (QED) is 0.334. The van der Waals surface area contributed by atoms with Crippen LogP contribution in [0.3, 0.4) is 0 Å². The van der Waals surface area contributed by atoms with E-state index in [9.17, 15) is 62.9 Å². The second-order valence-corrected chi connectivity index (χ2v) is 10.9. The molecule has 4 rings (SSSR count). The summed E-state index contributed by atoms with van der Waals surface area (Å²) < 4.78 is 154. The van der Waals surface area contributed by atoms with Gasteiger partial charge in [-0.2, -0.15) is 52.7 Å². The minimum absolute atomic E-state index is 0.0790. The van der Waals surface area contributed by atoms with E-state index >= 15 is 0 Å². The summed E-state index contributed by atoms with van der Waals surface area (Å²) >= 11 is 0. The molecule has 0 heterocycles. The van der Waals surface area contributed by atoms with Gasteiger partial charge in [0.25, 0.3) is 0 Å². The Labute approximate surface area is 233 Å². The Bertz CT molecular complexity index is 1050. The van der Waals surface area contributed by atoms with Gasteiger partial charge in [0.05, 0.1) is 35.5 Å². The molecular weight excluding hydrogens is 596 g/mol. The van der Waals surface area contributed by atoms with Crippen molar-refractivity contribution >= 4 is 0 Å². The third-order valence-corrected chi connectivity index (χ3v) is 8.13. The first-order valence-corrected chi connectivity index (χ1v) is 13.0. The molecule has 0 aromatic heterocycles. The molecule has 0 aliphatic heterocycles. The fraction of sp³-hybridized carbons (Fsp3) is 0.571. The lowest BCUT2D eigenvalue weighted by molar-refractivity contribution is -0.144. The fourth-order valence-corrected chi connectivity index (χ4v) is 5.70. The van der Waals surface area contributed by atoms with Gasteiger partial charge in [-0.25, -0.2) is 0 Å². The average Bonchev–Trinajstić information content (AvgIpc) is 3.58. The first-order valence-electron chi connectivity index (χ1n) is 13.0. The molecule has 2 aliphatic rings. The van der Waals surface area contributed by atoms with Gasteiger partial charge in [-0.1, -0.05) is 25.7 Å². The number of aliphatic hydroxyl groups excluding tert-OH is 2. The molecule has 236 valence electrons. The molecule has 0 spiro atoms. The Balaban J connectivity index is 0.000000230. The smallest absolute Gasteiger partial charge is 0.395 e. The Morgan fingerprint density at radius 1 is 0.429 bits per heavy atom. The van der Waals surface area contributed by atoms with Gasteiger partial charge in [0.1, 0.15) is 0 Å². The number of halogens is 12. The van der Waals surface area contributed by atoms with Crippen LogP contribution in [0.15, 0.2) is 36.4 Å². The van der Waals surface area contributed by atoms with Crippen LogP contribution in [0, 0.1) is 0 Å². The Morgan fingerprint density at radius 2 is 0.643 bits per heavy atom. The number of aliphatic hydroxyl groups is 2. The predicted molar refractivity (Wildman–Crippen MR) is 127 cm³/mol. The van der Waals surface area contributed by atoms with Crippen molar-refractivity contribution in [2.75, 3.05) is 13.2 Å². The van der Waals surface area contributed by atoms with Crippen molar-refractivity contribution in [3.05, 3.63) is 69.8 Å². The van der Waals surface area contributed by atoms with E-state index in [1.807, 2.05) is 0 Å². The van der Waals surface area contributed by atoms with Crippen LogP contribution in [0.5, 0.6) is 0 Å². The van der Waals surface area contributed by atoms with Gasteiger partial charge in [-0.15, -0.1) is 0 Å². The van der Waals surface area contributed by atoms with Crippen molar-refractivity contribution in [3.8, 4) is 0 Å². The minimum atomic E-state index is -4.86. The Hall–Kier alpha value is -2.48. The number of hydrogen-bond acceptors (Lipinski definition) is 2. The topological polar surface area (TPSA) is 40.5 Å². The van der Waals surface area contributed by atoms with Gasteiger partial charge < -0.3 is 10.2 Å². The highest BCUT2D eigenvalue weighted by atomic mass is 19.4. The van der Waals surface area contributed by atoms with E-state index in [0.29, 0.717) is 51.4 Å². The van der Waals surface area contributed by atoms with Crippen molar-refractivity contribution in [1.82, 2.24) is 0 Å². The molecule has 2 aliphatic carbocycles. The Kier molecular flexibility index (Phi) is 9.63. The van der Waals surface area contributed by atoms with Gasteiger partial charge in [-0.05, 0) is 73.2 Å². The van der Waals surface area contributed by atoms with E-state index in [1.165, 1.54) is 0 Å². The minimum Gasteiger partial charge on any atom is -0.395 e. The zero-order valence-corrected chi connectivity index (χ0v) is 22.0. The fourth-order valence-electron chi connectivity index (χ4n) is 5.70. The molecule has 2 saturated carbocycles. The average molecular weight is 625 g/mol. The maximum atomic E-state index is 12.8. The van der Waals surface area contributed by atoms with Crippen LogP contribution in [-0.4, -0.2) is 23.4 Å². The molecule has 0 amide bonds. The summed E-state index contributed by atoms with van der Waals surface area (Å²) in [6.07, 6.45) is -15.1. The first-order chi connectivity index (χ1) is 19.2. The van der Waals surface area contributed by atoms with E-state index in [0.717, 1.165) is 24.3 Å². The van der Waals surface area contributed by atoms with Crippen LogP contribution in [-0.2, 0) is 35.5 Å². The lowest BCUT2D eigenvalue weighted by atomic mass is 9.78. The molecule has 0 bridgehead atoms. The SMILES string of the molecule is OCC1(c2cc(C(F)(F)F)cc(C(F)(F)F)c2)CCCC1.OCC1(c2cc(C(F)(F)F)cc(C(F)(F)F)c2)CCCC1. The van der Waals surface area contributed by atoms with Crippen molar-refractivity contribution in [2.24, 2.45) is 0 Å². The van der Waals surface area contributed by atoms with Gasteiger partial charge in [0.15, 0.2) is 0 Å². The number of rotatable bonds is 4. The molecular formula is C28H28F12O2. The highest BCUT2D eigenvalue weighted by molar-refractivity contribution is 5.39. The van der Waals surface area contributed by atoms with Crippen LogP contribution in [0.25, 0.3) is 0 Å². The third kappa shape index (κ3) is 7.53. The zero-order valence-electron chi connectivity index (χ0n) is 22.0.